The number of rotatable bonds is 3. The molecule has 1 aliphatic rings. The molecule has 0 spiro atoms. The van der Waals surface area contributed by atoms with Gasteiger partial charge in [0.05, 0.1) is 6.04 Å². The first kappa shape index (κ1) is 11.3. The number of benzene rings is 1. The molecule has 1 saturated heterocycles. The van der Waals surface area contributed by atoms with Crippen LogP contribution in [0, 0.1) is 0 Å². The maximum atomic E-state index is 11.1. The number of nitrogens with zero attached hydrogens (tertiary/aromatic N) is 1. The van der Waals surface area contributed by atoms with Crippen LogP contribution >= 0.6 is 0 Å². The number of hydrogen-bond acceptors (Lipinski definition) is 2. The van der Waals surface area contributed by atoms with E-state index in [1.165, 1.54) is 18.4 Å². The second kappa shape index (κ2) is 5.26. The minimum Gasteiger partial charge on any atom is -0.302 e. The average molecular weight is 217 g/mol. The predicted molar refractivity (Wildman–Crippen MR) is 65.2 cm³/mol. The Morgan fingerprint density at radius 3 is 2.75 bits per heavy atom. The Morgan fingerprint density at radius 2 is 2.06 bits per heavy atom. The molecular weight excluding hydrogens is 198 g/mol. The zero-order chi connectivity index (χ0) is 11.4. The molecule has 0 unspecified atom stereocenters. The van der Waals surface area contributed by atoms with Crippen molar-refractivity contribution < 1.29 is 4.79 Å². The number of hydrogen-bond donors (Lipinski definition) is 0. The Morgan fingerprint density at radius 1 is 1.31 bits per heavy atom. The third-order valence-corrected chi connectivity index (χ3v) is 3.48. The van der Waals surface area contributed by atoms with E-state index in [0.29, 0.717) is 6.04 Å². The molecule has 0 aromatic heterocycles. The van der Waals surface area contributed by atoms with Crippen molar-refractivity contribution in [1.29, 1.82) is 0 Å². The molecule has 1 aromatic carbocycles. The molecule has 2 rings (SSSR count). The van der Waals surface area contributed by atoms with Crippen LogP contribution in [0.5, 0.6) is 0 Å². The number of aldehydes is 1. The van der Waals surface area contributed by atoms with Gasteiger partial charge in [-0.1, -0.05) is 30.3 Å². The zero-order valence-corrected chi connectivity index (χ0v) is 9.80. The molecule has 2 atom stereocenters. The second-order valence-corrected chi connectivity index (χ2v) is 4.64. The molecule has 1 aromatic rings. The van der Waals surface area contributed by atoms with Gasteiger partial charge in [0, 0.05) is 12.6 Å². The van der Waals surface area contributed by atoms with E-state index in [-0.39, 0.29) is 6.04 Å². The number of carbonyl (C=O) groups is 1. The van der Waals surface area contributed by atoms with Gasteiger partial charge >= 0.3 is 0 Å². The van der Waals surface area contributed by atoms with Crippen LogP contribution in [-0.2, 0) is 11.3 Å². The van der Waals surface area contributed by atoms with Crippen LogP contribution < -0.4 is 0 Å². The van der Waals surface area contributed by atoms with Crippen LogP contribution in [0.4, 0.5) is 0 Å². The molecule has 2 heteroatoms. The Labute approximate surface area is 97.3 Å². The summed E-state index contributed by atoms with van der Waals surface area (Å²) in [6.45, 7) is 3.12. The highest BCUT2D eigenvalue weighted by atomic mass is 16.1. The number of piperidine rings is 1. The molecule has 1 aliphatic heterocycles. The van der Waals surface area contributed by atoms with Crippen molar-refractivity contribution in [1.82, 2.24) is 4.90 Å². The summed E-state index contributed by atoms with van der Waals surface area (Å²) in [6, 6.07) is 11.0. The first-order valence-electron chi connectivity index (χ1n) is 6.06. The van der Waals surface area contributed by atoms with E-state index in [1.54, 1.807) is 0 Å². The second-order valence-electron chi connectivity index (χ2n) is 4.64. The fourth-order valence-electron chi connectivity index (χ4n) is 2.49. The molecule has 2 nitrogen and oxygen atoms in total. The monoisotopic (exact) mass is 217 g/mol. The summed E-state index contributed by atoms with van der Waals surface area (Å²) < 4.78 is 0. The highest BCUT2D eigenvalue weighted by Gasteiger charge is 2.27. The lowest BCUT2D eigenvalue weighted by atomic mass is 9.96. The zero-order valence-electron chi connectivity index (χ0n) is 9.80. The fraction of sp³-hybridized carbons (Fsp3) is 0.500. The Kier molecular flexibility index (Phi) is 3.73. The lowest BCUT2D eigenvalue weighted by Gasteiger charge is -2.38. The van der Waals surface area contributed by atoms with E-state index in [0.717, 1.165) is 19.3 Å². The molecule has 0 saturated carbocycles. The summed E-state index contributed by atoms with van der Waals surface area (Å²) in [5, 5.41) is 0. The van der Waals surface area contributed by atoms with Crippen LogP contribution in [-0.4, -0.2) is 23.3 Å². The van der Waals surface area contributed by atoms with Crippen molar-refractivity contribution in [3.05, 3.63) is 35.9 Å². The SMILES string of the molecule is C[C@@H]1CCC[C@H](C=O)N1Cc1ccccc1. The van der Waals surface area contributed by atoms with Crippen LogP contribution in [0.2, 0.25) is 0 Å². The highest BCUT2D eigenvalue weighted by molar-refractivity contribution is 5.57. The number of carbonyl (C=O) groups excluding carboxylic acids is 1. The summed E-state index contributed by atoms with van der Waals surface area (Å²) in [6.07, 6.45) is 4.51. The topological polar surface area (TPSA) is 20.3 Å². The molecule has 16 heavy (non-hydrogen) atoms. The van der Waals surface area contributed by atoms with E-state index >= 15 is 0 Å². The molecule has 0 bridgehead atoms. The molecule has 0 amide bonds. The Bertz CT molecular complexity index is 336. The molecule has 0 radical (unpaired) electrons. The summed E-state index contributed by atoms with van der Waals surface area (Å²) >= 11 is 0. The maximum absolute atomic E-state index is 11.1. The first-order valence-corrected chi connectivity index (χ1v) is 6.06. The van der Waals surface area contributed by atoms with Gasteiger partial charge in [-0.3, -0.25) is 4.90 Å². The standard InChI is InChI=1S/C14H19NO/c1-12-6-5-9-14(11-16)15(12)10-13-7-3-2-4-8-13/h2-4,7-8,11-12,14H,5-6,9-10H2,1H3/t12-,14-/m1/s1. The van der Waals surface area contributed by atoms with Gasteiger partial charge in [-0.05, 0) is 31.7 Å². The van der Waals surface area contributed by atoms with Gasteiger partial charge in [0.25, 0.3) is 0 Å². The first-order chi connectivity index (χ1) is 7.81. The Hall–Kier alpha value is -1.15. The quantitative estimate of drug-likeness (QED) is 0.725. The molecular formula is C14H19NO. The van der Waals surface area contributed by atoms with E-state index in [1.807, 2.05) is 6.07 Å². The molecule has 1 fully saturated rings. The van der Waals surface area contributed by atoms with Crippen LogP contribution in [0.15, 0.2) is 30.3 Å². The largest absolute Gasteiger partial charge is 0.302 e. The minimum absolute atomic E-state index is 0.115. The summed E-state index contributed by atoms with van der Waals surface area (Å²) in [5.41, 5.74) is 1.29. The average Bonchev–Trinajstić information content (AvgIpc) is 2.33. The molecule has 0 aliphatic carbocycles. The van der Waals surface area contributed by atoms with E-state index in [4.69, 9.17) is 0 Å². The van der Waals surface area contributed by atoms with Gasteiger partial charge in [0.2, 0.25) is 0 Å². The van der Waals surface area contributed by atoms with Gasteiger partial charge in [0.1, 0.15) is 6.29 Å². The normalized spacial score (nSPS) is 26.6. The van der Waals surface area contributed by atoms with Crippen molar-refractivity contribution in [3.63, 3.8) is 0 Å². The van der Waals surface area contributed by atoms with Crippen molar-refractivity contribution in [3.8, 4) is 0 Å². The van der Waals surface area contributed by atoms with Crippen molar-refractivity contribution in [2.75, 3.05) is 0 Å². The number of likely N-dealkylation sites (tertiary alicyclic amines) is 1. The lowest BCUT2D eigenvalue weighted by Crippen LogP contribution is -2.45. The minimum atomic E-state index is 0.115. The lowest BCUT2D eigenvalue weighted by molar-refractivity contribution is -0.114. The van der Waals surface area contributed by atoms with Gasteiger partial charge < -0.3 is 4.79 Å². The van der Waals surface area contributed by atoms with Crippen molar-refractivity contribution in [2.24, 2.45) is 0 Å². The molecule has 0 N–H and O–H groups in total. The van der Waals surface area contributed by atoms with Gasteiger partial charge in [-0.2, -0.15) is 0 Å². The third kappa shape index (κ3) is 2.50. The van der Waals surface area contributed by atoms with E-state index in [2.05, 4.69) is 36.1 Å². The van der Waals surface area contributed by atoms with Crippen molar-refractivity contribution in [2.45, 2.75) is 44.8 Å². The van der Waals surface area contributed by atoms with Gasteiger partial charge in [-0.25, -0.2) is 0 Å². The smallest absolute Gasteiger partial charge is 0.137 e. The van der Waals surface area contributed by atoms with Crippen LogP contribution in [0.1, 0.15) is 31.7 Å². The summed E-state index contributed by atoms with van der Waals surface area (Å²) in [5.74, 6) is 0. The predicted octanol–water partition coefficient (Wildman–Crippen LogP) is 2.63. The van der Waals surface area contributed by atoms with Crippen LogP contribution in [0.25, 0.3) is 0 Å². The van der Waals surface area contributed by atoms with Crippen LogP contribution in [0.3, 0.4) is 0 Å². The van der Waals surface area contributed by atoms with Gasteiger partial charge in [0.15, 0.2) is 0 Å². The summed E-state index contributed by atoms with van der Waals surface area (Å²) in [7, 11) is 0. The van der Waals surface area contributed by atoms with E-state index in [9.17, 15) is 4.79 Å². The highest BCUT2D eigenvalue weighted by Crippen LogP contribution is 2.23. The maximum Gasteiger partial charge on any atom is 0.137 e. The van der Waals surface area contributed by atoms with E-state index < -0.39 is 0 Å². The summed E-state index contributed by atoms with van der Waals surface area (Å²) in [4.78, 5) is 13.4. The molecule has 1 heterocycles. The third-order valence-electron chi connectivity index (χ3n) is 3.48. The van der Waals surface area contributed by atoms with Crippen molar-refractivity contribution >= 4 is 6.29 Å². The Balaban J connectivity index is 2.08. The van der Waals surface area contributed by atoms with Gasteiger partial charge in [-0.15, -0.1) is 0 Å². The molecule has 86 valence electrons. The fourth-order valence-corrected chi connectivity index (χ4v) is 2.49.